The first-order valence-electron chi connectivity index (χ1n) is 10.6. The van der Waals surface area contributed by atoms with Crippen LogP contribution < -0.4 is 0 Å². The maximum atomic E-state index is 12.7. The third-order valence-electron chi connectivity index (χ3n) is 6.30. The number of amides is 1. The van der Waals surface area contributed by atoms with Gasteiger partial charge in [-0.2, -0.15) is 4.99 Å². The lowest BCUT2D eigenvalue weighted by atomic mass is 9.84. The van der Waals surface area contributed by atoms with Crippen LogP contribution in [0, 0.1) is 0 Å². The first kappa shape index (κ1) is 21.0. The summed E-state index contributed by atoms with van der Waals surface area (Å²) in [6.45, 7) is 3.21. The van der Waals surface area contributed by atoms with Crippen LogP contribution in [0.25, 0.3) is 0 Å². The number of rotatable bonds is 3. The Hall–Kier alpha value is -2.90. The molecule has 2 aromatic rings. The third-order valence-corrected chi connectivity index (χ3v) is 6.55. The second-order valence-electron chi connectivity index (χ2n) is 8.28. The molecule has 166 valence electrons. The van der Waals surface area contributed by atoms with Gasteiger partial charge in [0, 0.05) is 25.0 Å². The first-order chi connectivity index (χ1) is 15.4. The fourth-order valence-electron chi connectivity index (χ4n) is 4.68. The molecule has 1 saturated heterocycles. The van der Waals surface area contributed by atoms with Gasteiger partial charge in [0.05, 0.1) is 12.2 Å². The number of aliphatic imine (C=N–C) groups is 1. The summed E-state index contributed by atoms with van der Waals surface area (Å²) in [4.78, 5) is 30.5. The van der Waals surface area contributed by atoms with Gasteiger partial charge >= 0.3 is 5.97 Å². The smallest absolute Gasteiger partial charge is 0.303 e. The average molecular weight is 455 g/mol. The van der Waals surface area contributed by atoms with Crippen LogP contribution in [0.1, 0.15) is 42.6 Å². The van der Waals surface area contributed by atoms with Gasteiger partial charge in [0.2, 0.25) is 6.10 Å². The zero-order valence-corrected chi connectivity index (χ0v) is 18.4. The van der Waals surface area contributed by atoms with Crippen molar-refractivity contribution in [3.8, 4) is 0 Å². The van der Waals surface area contributed by atoms with E-state index in [4.69, 9.17) is 25.8 Å². The van der Waals surface area contributed by atoms with Crippen LogP contribution in [0.15, 0.2) is 53.5 Å². The molecular weight excluding hydrogens is 432 g/mol. The number of carbonyl (C=O) groups is 2. The maximum Gasteiger partial charge on any atom is 0.303 e. The molecule has 0 aromatic heterocycles. The lowest BCUT2D eigenvalue weighted by Gasteiger charge is -2.39. The molecule has 2 unspecified atom stereocenters. The van der Waals surface area contributed by atoms with Crippen LogP contribution in [-0.4, -0.2) is 42.0 Å². The highest BCUT2D eigenvalue weighted by Gasteiger charge is 2.46. The highest BCUT2D eigenvalue weighted by atomic mass is 35.5. The summed E-state index contributed by atoms with van der Waals surface area (Å²) in [6.07, 6.45) is -0.389. The monoisotopic (exact) mass is 454 g/mol. The Morgan fingerprint density at radius 2 is 1.91 bits per heavy atom. The van der Waals surface area contributed by atoms with Gasteiger partial charge in [-0.1, -0.05) is 48.0 Å². The fourth-order valence-corrected chi connectivity index (χ4v) is 4.80. The number of fused-ring (bicyclic) bond motifs is 2. The summed E-state index contributed by atoms with van der Waals surface area (Å²) in [5, 5.41) is 0.545. The van der Waals surface area contributed by atoms with E-state index in [9.17, 15) is 9.59 Å². The largest absolute Gasteiger partial charge is 0.453 e. The predicted octanol–water partition coefficient (Wildman–Crippen LogP) is 3.75. The van der Waals surface area contributed by atoms with E-state index >= 15 is 0 Å². The molecule has 1 spiro atoms. The molecule has 2 atom stereocenters. The van der Waals surface area contributed by atoms with E-state index in [0.717, 1.165) is 12.8 Å². The van der Waals surface area contributed by atoms with E-state index in [1.54, 1.807) is 24.3 Å². The molecule has 5 rings (SSSR count). The van der Waals surface area contributed by atoms with Crippen molar-refractivity contribution in [2.45, 2.75) is 44.2 Å². The van der Waals surface area contributed by atoms with Gasteiger partial charge < -0.3 is 19.1 Å². The highest BCUT2D eigenvalue weighted by Crippen LogP contribution is 2.44. The van der Waals surface area contributed by atoms with Crippen LogP contribution in [-0.2, 0) is 36.0 Å². The van der Waals surface area contributed by atoms with Crippen molar-refractivity contribution < 1.29 is 23.8 Å². The summed E-state index contributed by atoms with van der Waals surface area (Å²) in [7, 11) is 0. The standard InChI is InChI=1S/C24H23ClN2O5/c1-15(28)31-20(16-6-8-18(25)9-7-16)21-22(29)26-23(32-21)27-12-10-24(11-13-27)19-5-3-2-4-17(19)14-30-24/h2-9,20-21H,10-14H2,1H3. The number of benzene rings is 2. The number of esters is 1. The van der Waals surface area contributed by atoms with Gasteiger partial charge in [0.25, 0.3) is 11.9 Å². The summed E-state index contributed by atoms with van der Waals surface area (Å²) >= 11 is 5.97. The summed E-state index contributed by atoms with van der Waals surface area (Å²) in [5.74, 6) is -0.976. The molecule has 0 N–H and O–H groups in total. The Balaban J connectivity index is 1.30. The van der Waals surface area contributed by atoms with Gasteiger partial charge in [0.1, 0.15) is 0 Å². The highest BCUT2D eigenvalue weighted by molar-refractivity contribution is 6.30. The Bertz CT molecular complexity index is 1080. The summed E-state index contributed by atoms with van der Waals surface area (Å²) in [5.41, 5.74) is 2.81. The van der Waals surface area contributed by atoms with Crippen LogP contribution in [0.3, 0.4) is 0 Å². The molecule has 0 radical (unpaired) electrons. The van der Waals surface area contributed by atoms with E-state index in [2.05, 4.69) is 17.1 Å². The zero-order valence-electron chi connectivity index (χ0n) is 17.6. The van der Waals surface area contributed by atoms with Crippen LogP contribution in [0.4, 0.5) is 0 Å². The number of hydrogen-bond donors (Lipinski definition) is 0. The minimum atomic E-state index is -1.03. The normalized spacial score (nSPS) is 22.3. The molecule has 32 heavy (non-hydrogen) atoms. The minimum absolute atomic E-state index is 0.271. The van der Waals surface area contributed by atoms with Gasteiger partial charge in [0.15, 0.2) is 6.10 Å². The maximum absolute atomic E-state index is 12.7. The molecule has 0 saturated carbocycles. The molecule has 3 aliphatic heterocycles. The van der Waals surface area contributed by atoms with E-state index in [0.29, 0.717) is 30.3 Å². The quantitative estimate of drug-likeness (QED) is 0.657. The predicted molar refractivity (Wildman–Crippen MR) is 117 cm³/mol. The molecule has 8 heteroatoms. The lowest BCUT2D eigenvalue weighted by molar-refractivity contribution is -0.154. The lowest BCUT2D eigenvalue weighted by Crippen LogP contribution is -2.45. The molecule has 7 nitrogen and oxygen atoms in total. The van der Waals surface area contributed by atoms with Gasteiger partial charge in [-0.05, 0) is 41.7 Å². The van der Waals surface area contributed by atoms with Gasteiger partial charge in [-0.25, -0.2) is 0 Å². The summed E-state index contributed by atoms with van der Waals surface area (Å²) in [6, 6.07) is 15.4. The Morgan fingerprint density at radius 1 is 1.19 bits per heavy atom. The zero-order chi connectivity index (χ0) is 22.3. The number of ether oxygens (including phenoxy) is 3. The van der Waals surface area contributed by atoms with Crippen LogP contribution in [0.2, 0.25) is 5.02 Å². The van der Waals surface area contributed by atoms with Gasteiger partial charge in [-0.15, -0.1) is 0 Å². The Kier molecular flexibility index (Phi) is 5.39. The van der Waals surface area contributed by atoms with E-state index < -0.39 is 24.1 Å². The number of nitrogens with zero attached hydrogens (tertiary/aromatic N) is 2. The number of piperidine rings is 1. The second-order valence-corrected chi connectivity index (χ2v) is 8.72. The molecular formula is C24H23ClN2O5. The van der Waals surface area contributed by atoms with Crippen molar-refractivity contribution in [3.05, 3.63) is 70.2 Å². The molecule has 0 aliphatic carbocycles. The fraction of sp³-hybridized carbons (Fsp3) is 0.375. The van der Waals surface area contributed by atoms with E-state index in [1.165, 1.54) is 18.1 Å². The average Bonchev–Trinajstić information content (AvgIpc) is 3.35. The number of likely N-dealkylation sites (tertiary alicyclic amines) is 1. The van der Waals surface area contributed by atoms with Crippen molar-refractivity contribution in [2.24, 2.45) is 4.99 Å². The molecule has 2 aromatic carbocycles. The third kappa shape index (κ3) is 3.76. The van der Waals surface area contributed by atoms with Crippen molar-refractivity contribution in [2.75, 3.05) is 13.1 Å². The van der Waals surface area contributed by atoms with E-state index in [-0.39, 0.29) is 11.6 Å². The number of carbonyl (C=O) groups excluding carboxylic acids is 2. The Morgan fingerprint density at radius 3 is 2.62 bits per heavy atom. The topological polar surface area (TPSA) is 77.4 Å². The molecule has 1 fully saturated rings. The Labute approximate surface area is 190 Å². The first-order valence-corrected chi connectivity index (χ1v) is 11.0. The molecule has 0 bridgehead atoms. The SMILES string of the molecule is CC(=O)OC(c1ccc(Cl)cc1)C1OC(N2CCC3(CC2)OCc2ccccc23)=NC1=O. The molecule has 3 heterocycles. The summed E-state index contributed by atoms with van der Waals surface area (Å²) < 4.78 is 17.6. The van der Waals surface area contributed by atoms with Crippen LogP contribution >= 0.6 is 11.6 Å². The number of hydrogen-bond acceptors (Lipinski definition) is 6. The minimum Gasteiger partial charge on any atom is -0.453 e. The molecule has 3 aliphatic rings. The molecule has 1 amide bonds. The second kappa shape index (κ2) is 8.22. The van der Waals surface area contributed by atoms with E-state index in [1.807, 2.05) is 17.0 Å². The van der Waals surface area contributed by atoms with Crippen molar-refractivity contribution in [1.29, 1.82) is 0 Å². The van der Waals surface area contributed by atoms with Crippen LogP contribution in [0.5, 0.6) is 0 Å². The van der Waals surface area contributed by atoms with Crippen molar-refractivity contribution in [3.63, 3.8) is 0 Å². The number of halogens is 1. The van der Waals surface area contributed by atoms with Crippen molar-refractivity contribution in [1.82, 2.24) is 4.90 Å². The number of amidine groups is 1. The van der Waals surface area contributed by atoms with Gasteiger partial charge in [-0.3, -0.25) is 9.59 Å². The van der Waals surface area contributed by atoms with Crippen molar-refractivity contribution >= 4 is 29.5 Å².